The van der Waals surface area contributed by atoms with Crippen molar-refractivity contribution < 1.29 is 13.6 Å². The van der Waals surface area contributed by atoms with Crippen molar-refractivity contribution >= 4 is 49.7 Å². The summed E-state index contributed by atoms with van der Waals surface area (Å²) in [7, 11) is 3.40. The number of amides is 2. The Morgan fingerprint density at radius 2 is 1.89 bits per heavy atom. The highest BCUT2D eigenvalue weighted by atomic mass is 32.1. The van der Waals surface area contributed by atoms with Crippen LogP contribution < -0.4 is 10.2 Å². The van der Waals surface area contributed by atoms with E-state index in [0.29, 0.717) is 22.3 Å². The number of benzene rings is 1. The van der Waals surface area contributed by atoms with E-state index in [1.165, 1.54) is 44.9 Å². The van der Waals surface area contributed by atoms with Gasteiger partial charge in [0.2, 0.25) is 15.9 Å². The fraction of sp³-hybridized carbons (Fsp3) is 0.136. The lowest BCUT2D eigenvalue weighted by Crippen LogP contribution is -2.30. The molecule has 0 fully saturated rings. The molecule has 0 unspecified atom stereocenters. The van der Waals surface area contributed by atoms with Crippen LogP contribution in [0.2, 0.25) is 0 Å². The predicted octanol–water partition coefficient (Wildman–Crippen LogP) is 3.71. The maximum atomic E-state index is 15.7. The summed E-state index contributed by atoms with van der Waals surface area (Å²) in [5.41, 5.74) is 1.14. The number of nitrogens with zero attached hydrogens (tertiary/aromatic N) is 10. The Morgan fingerprint density at radius 3 is 2.65 bits per heavy atom. The zero-order valence-corrected chi connectivity index (χ0v) is 20.1. The Hall–Kier alpha value is -4.79. The molecule has 0 bridgehead atoms. The van der Waals surface area contributed by atoms with Gasteiger partial charge in [-0.2, -0.15) is 23.5 Å². The van der Waals surface area contributed by atoms with Crippen molar-refractivity contribution in [1.82, 2.24) is 44.4 Å². The van der Waals surface area contributed by atoms with Crippen molar-refractivity contribution in [1.29, 1.82) is 0 Å². The van der Waals surface area contributed by atoms with Crippen LogP contribution in [0, 0.1) is 0 Å². The van der Waals surface area contributed by atoms with E-state index in [1.807, 2.05) is 0 Å². The predicted molar refractivity (Wildman–Crippen MR) is 131 cm³/mol. The number of aromatic nitrogens is 9. The van der Waals surface area contributed by atoms with Crippen LogP contribution in [-0.4, -0.2) is 50.4 Å². The van der Waals surface area contributed by atoms with Gasteiger partial charge in [-0.3, -0.25) is 14.3 Å². The monoisotopic (exact) mass is 521 g/mol. The minimum atomic E-state index is -3.52. The molecule has 0 radical (unpaired) electrons. The second kappa shape index (κ2) is 8.41. The lowest BCUT2D eigenvalue weighted by molar-refractivity contribution is 0.0308. The number of hydrogen-bond donors (Lipinski definition) is 1. The first-order valence-electron chi connectivity index (χ1n) is 10.8. The van der Waals surface area contributed by atoms with Crippen molar-refractivity contribution in [2.24, 2.45) is 14.1 Å². The summed E-state index contributed by atoms with van der Waals surface area (Å²) in [6.07, 6.45) is 7.76. The van der Waals surface area contributed by atoms with E-state index in [1.54, 1.807) is 44.8 Å². The summed E-state index contributed by atoms with van der Waals surface area (Å²) in [6.45, 7) is 0. The molecule has 15 heteroatoms. The second-order valence-corrected chi connectivity index (χ2v) is 9.06. The zero-order valence-electron chi connectivity index (χ0n) is 19.3. The van der Waals surface area contributed by atoms with Gasteiger partial charge in [0, 0.05) is 43.6 Å². The van der Waals surface area contributed by atoms with Crippen molar-refractivity contribution in [2.75, 3.05) is 10.2 Å². The third-order valence-electron chi connectivity index (χ3n) is 5.53. The Kier molecular flexibility index (Phi) is 5.15. The van der Waals surface area contributed by atoms with Gasteiger partial charge in [0.05, 0.1) is 29.3 Å². The van der Waals surface area contributed by atoms with E-state index >= 15 is 8.78 Å². The highest BCUT2D eigenvalue weighted by molar-refractivity contribution is 7.20. The SMILES string of the molecule is Cn1cc(NC(=O)N(c2cnn(C)c2)c2nn3c(C(F)(F)c4ccc5ncccc5c4)nnc3s2)cn1. The van der Waals surface area contributed by atoms with Gasteiger partial charge in [-0.15, -0.1) is 15.3 Å². The summed E-state index contributed by atoms with van der Waals surface area (Å²) in [5.74, 6) is -4.20. The first-order chi connectivity index (χ1) is 17.8. The fourth-order valence-corrected chi connectivity index (χ4v) is 4.66. The largest absolute Gasteiger partial charge is 0.333 e. The molecular weight excluding hydrogens is 504 g/mol. The Labute approximate surface area is 210 Å². The number of anilines is 3. The van der Waals surface area contributed by atoms with Gasteiger partial charge in [-0.25, -0.2) is 9.69 Å². The van der Waals surface area contributed by atoms with Crippen LogP contribution in [0.3, 0.4) is 0 Å². The van der Waals surface area contributed by atoms with Gasteiger partial charge < -0.3 is 5.32 Å². The average molecular weight is 522 g/mol. The van der Waals surface area contributed by atoms with Crippen LogP contribution in [0.1, 0.15) is 11.4 Å². The highest BCUT2D eigenvalue weighted by Gasteiger charge is 2.41. The molecule has 37 heavy (non-hydrogen) atoms. The highest BCUT2D eigenvalue weighted by Crippen LogP contribution is 2.38. The Morgan fingerprint density at radius 1 is 1.08 bits per heavy atom. The van der Waals surface area contributed by atoms with Gasteiger partial charge in [0.15, 0.2) is 0 Å². The van der Waals surface area contributed by atoms with Crippen LogP contribution in [0.15, 0.2) is 61.3 Å². The number of carbonyl (C=O) groups excluding carboxylic acids is 1. The number of nitrogens with one attached hydrogen (secondary N) is 1. The number of pyridine rings is 1. The summed E-state index contributed by atoms with van der Waals surface area (Å²) in [5, 5.41) is 23.5. The first kappa shape index (κ1) is 22.7. The van der Waals surface area contributed by atoms with Crippen LogP contribution in [0.4, 0.5) is 30.1 Å². The van der Waals surface area contributed by atoms with Gasteiger partial charge in [-0.1, -0.05) is 23.5 Å². The molecule has 6 rings (SSSR count). The Balaban J connectivity index is 1.41. The molecule has 12 nitrogen and oxygen atoms in total. The molecule has 0 aliphatic rings. The summed E-state index contributed by atoms with van der Waals surface area (Å²) in [6, 6.07) is 6.98. The van der Waals surface area contributed by atoms with Crippen LogP contribution in [0.5, 0.6) is 0 Å². The smallest absolute Gasteiger partial charge is 0.304 e. The van der Waals surface area contributed by atoms with Gasteiger partial charge in [0.25, 0.3) is 0 Å². The van der Waals surface area contributed by atoms with E-state index in [2.05, 4.69) is 35.8 Å². The minimum Gasteiger partial charge on any atom is -0.304 e. The number of carbonyl (C=O) groups is 1. The maximum Gasteiger partial charge on any atom is 0.333 e. The molecule has 0 spiro atoms. The quantitative estimate of drug-likeness (QED) is 0.367. The normalized spacial score (nSPS) is 11.9. The van der Waals surface area contributed by atoms with Crippen LogP contribution >= 0.6 is 11.3 Å². The van der Waals surface area contributed by atoms with Crippen LogP contribution in [0.25, 0.3) is 15.9 Å². The van der Waals surface area contributed by atoms with Gasteiger partial charge >= 0.3 is 12.0 Å². The molecule has 0 aliphatic carbocycles. The number of rotatable bonds is 5. The molecular formula is C22H17F2N11OS. The zero-order chi connectivity index (χ0) is 25.7. The van der Waals surface area contributed by atoms with Gasteiger partial charge in [-0.05, 0) is 18.2 Å². The van der Waals surface area contributed by atoms with Crippen LogP contribution in [-0.2, 0) is 20.0 Å². The molecule has 5 heterocycles. The van der Waals surface area contributed by atoms with Crippen molar-refractivity contribution in [3.05, 3.63) is 72.7 Å². The number of alkyl halides is 2. The molecule has 0 atom stereocenters. The van der Waals surface area contributed by atoms with Crippen molar-refractivity contribution in [3.8, 4) is 0 Å². The summed E-state index contributed by atoms with van der Waals surface area (Å²) >= 11 is 0.930. The standard InChI is InChI=1S/C22H17F2N11OS/c1-32-11-15(9-26-32)28-19(36)34(16-10-27-33(2)12-16)21-31-35-18(29-30-20(35)37-21)22(23,24)14-5-6-17-13(8-14)4-3-7-25-17/h3-12H,1-2H3,(H,28,36). The van der Waals surface area contributed by atoms with Gasteiger partial charge in [0.1, 0.15) is 0 Å². The third-order valence-corrected chi connectivity index (χ3v) is 6.41. The number of halogens is 2. The van der Waals surface area contributed by atoms with E-state index in [9.17, 15) is 4.79 Å². The van der Waals surface area contributed by atoms with E-state index in [0.717, 1.165) is 15.9 Å². The lowest BCUT2D eigenvalue weighted by Gasteiger charge is -2.18. The molecule has 0 saturated carbocycles. The molecule has 5 aromatic heterocycles. The lowest BCUT2D eigenvalue weighted by atomic mass is 10.0. The topological polar surface area (TPSA) is 124 Å². The first-order valence-corrected chi connectivity index (χ1v) is 11.7. The molecule has 6 aromatic rings. The molecule has 0 saturated heterocycles. The number of fused-ring (bicyclic) bond motifs is 2. The molecule has 2 amide bonds. The van der Waals surface area contributed by atoms with E-state index < -0.39 is 17.8 Å². The summed E-state index contributed by atoms with van der Waals surface area (Å²) in [4.78, 5) is 18.8. The molecule has 0 aliphatic heterocycles. The molecule has 1 N–H and O–H groups in total. The molecule has 186 valence electrons. The molecule has 1 aromatic carbocycles. The number of urea groups is 1. The van der Waals surface area contributed by atoms with E-state index in [-0.39, 0.29) is 15.7 Å². The average Bonchev–Trinajstić information content (AvgIpc) is 3.65. The maximum absolute atomic E-state index is 15.7. The van der Waals surface area contributed by atoms with Crippen molar-refractivity contribution in [2.45, 2.75) is 5.92 Å². The Bertz CT molecular complexity index is 1770. The van der Waals surface area contributed by atoms with Crippen molar-refractivity contribution in [3.63, 3.8) is 0 Å². The number of hydrogen-bond acceptors (Lipinski definition) is 8. The van der Waals surface area contributed by atoms with E-state index in [4.69, 9.17) is 0 Å². The third kappa shape index (κ3) is 3.94. The summed E-state index contributed by atoms with van der Waals surface area (Å²) < 4.78 is 35.3. The minimum absolute atomic E-state index is 0.0928. The fourth-order valence-electron chi connectivity index (χ4n) is 3.80. The number of aryl methyl sites for hydroxylation is 2. The second-order valence-electron chi connectivity index (χ2n) is 8.13.